The first-order chi connectivity index (χ1) is 16.6. The van der Waals surface area contributed by atoms with Crippen LogP contribution in [0, 0.1) is 5.82 Å². The molecule has 35 heavy (non-hydrogen) atoms. The molecule has 182 valence electrons. The average Bonchev–Trinajstić information content (AvgIpc) is 3.18. The van der Waals surface area contributed by atoms with Gasteiger partial charge in [-0.3, -0.25) is 4.31 Å². The first-order valence-corrected chi connectivity index (χ1v) is 12.5. The van der Waals surface area contributed by atoms with E-state index in [1.165, 1.54) is 25.3 Å². The van der Waals surface area contributed by atoms with Crippen molar-refractivity contribution in [2.24, 2.45) is 0 Å². The number of anilines is 3. The number of benzene rings is 3. The number of carboxylic acids is 1. The van der Waals surface area contributed by atoms with Crippen LogP contribution in [0.3, 0.4) is 0 Å². The van der Waals surface area contributed by atoms with E-state index in [4.69, 9.17) is 9.15 Å². The van der Waals surface area contributed by atoms with E-state index in [1.807, 2.05) is 0 Å². The molecular formula is C25H23FN2O6S. The lowest BCUT2D eigenvalue weighted by Crippen LogP contribution is -2.29. The Labute approximate surface area is 201 Å². The fourth-order valence-electron chi connectivity index (χ4n) is 3.89. The van der Waals surface area contributed by atoms with Gasteiger partial charge >= 0.3 is 5.97 Å². The lowest BCUT2D eigenvalue weighted by molar-refractivity contribution is 0.0699. The van der Waals surface area contributed by atoms with Crippen LogP contribution in [0.1, 0.15) is 17.3 Å². The van der Waals surface area contributed by atoms with Gasteiger partial charge in [0.1, 0.15) is 28.5 Å². The van der Waals surface area contributed by atoms with Crippen molar-refractivity contribution in [3.8, 4) is 17.1 Å². The maximum absolute atomic E-state index is 13.9. The molecule has 3 aromatic carbocycles. The van der Waals surface area contributed by atoms with Crippen LogP contribution >= 0.6 is 0 Å². The molecule has 2 N–H and O–H groups in total. The number of carbonyl (C=O) groups is 1. The Morgan fingerprint density at radius 1 is 1.14 bits per heavy atom. The Balaban J connectivity index is 1.81. The van der Waals surface area contributed by atoms with Crippen molar-refractivity contribution >= 4 is 44.0 Å². The number of fused-ring (bicyclic) bond motifs is 1. The summed E-state index contributed by atoms with van der Waals surface area (Å²) in [7, 11) is -2.23. The number of ether oxygens (including phenoxy) is 1. The van der Waals surface area contributed by atoms with E-state index in [1.54, 1.807) is 49.4 Å². The fourth-order valence-corrected chi connectivity index (χ4v) is 4.86. The molecule has 0 atom stereocenters. The molecule has 0 spiro atoms. The molecule has 10 heteroatoms. The van der Waals surface area contributed by atoms with E-state index in [9.17, 15) is 22.7 Å². The van der Waals surface area contributed by atoms with Gasteiger partial charge in [0, 0.05) is 29.2 Å². The van der Waals surface area contributed by atoms with Crippen molar-refractivity contribution < 1.29 is 31.9 Å². The van der Waals surface area contributed by atoms with Crippen LogP contribution in [0.2, 0.25) is 0 Å². The lowest BCUT2D eigenvalue weighted by Gasteiger charge is -2.22. The summed E-state index contributed by atoms with van der Waals surface area (Å²) in [5, 5.41) is 13.2. The smallest absolute Gasteiger partial charge is 0.340 e. The topological polar surface area (TPSA) is 109 Å². The molecule has 1 heterocycles. The van der Waals surface area contributed by atoms with Gasteiger partial charge in [-0.1, -0.05) is 12.1 Å². The zero-order valence-corrected chi connectivity index (χ0v) is 20.0. The molecule has 0 aliphatic heterocycles. The number of carboxylic acid groups (broad SMARTS) is 1. The quantitative estimate of drug-likeness (QED) is 0.331. The highest BCUT2D eigenvalue weighted by atomic mass is 32.2. The third-order valence-corrected chi connectivity index (χ3v) is 6.72. The second-order valence-electron chi connectivity index (χ2n) is 7.74. The van der Waals surface area contributed by atoms with Crippen LogP contribution in [0.25, 0.3) is 22.3 Å². The molecule has 0 aliphatic rings. The summed E-state index contributed by atoms with van der Waals surface area (Å²) in [6.45, 7) is 1.83. The first kappa shape index (κ1) is 24.1. The Morgan fingerprint density at radius 2 is 1.83 bits per heavy atom. The SMILES string of the molecule is CCN(c1cc2oc(-c3ccc(Nc4ccccc4F)cc3)c(C(=O)O)c2cc1OC)S(C)(=O)=O. The summed E-state index contributed by atoms with van der Waals surface area (Å²) in [5.74, 6) is -1.31. The van der Waals surface area contributed by atoms with Crippen LogP contribution in [0.5, 0.6) is 5.75 Å². The molecule has 4 aromatic rings. The van der Waals surface area contributed by atoms with Gasteiger partial charge in [0.25, 0.3) is 0 Å². The van der Waals surface area contributed by atoms with Gasteiger partial charge < -0.3 is 19.6 Å². The van der Waals surface area contributed by atoms with Crippen LogP contribution in [-0.4, -0.2) is 39.4 Å². The van der Waals surface area contributed by atoms with E-state index < -0.39 is 21.8 Å². The molecule has 0 amide bonds. The van der Waals surface area contributed by atoms with Crippen molar-refractivity contribution in [1.82, 2.24) is 0 Å². The molecule has 8 nitrogen and oxygen atoms in total. The largest absolute Gasteiger partial charge is 0.495 e. The number of para-hydroxylation sites is 1. The summed E-state index contributed by atoms with van der Waals surface area (Å²) >= 11 is 0. The number of hydrogen-bond acceptors (Lipinski definition) is 6. The van der Waals surface area contributed by atoms with E-state index in [0.29, 0.717) is 16.9 Å². The van der Waals surface area contributed by atoms with Crippen molar-refractivity contribution in [2.45, 2.75) is 6.92 Å². The molecule has 0 saturated heterocycles. The summed E-state index contributed by atoms with van der Waals surface area (Å²) in [5.41, 5.74) is 1.75. The number of hydrogen-bond donors (Lipinski definition) is 2. The van der Waals surface area contributed by atoms with Crippen LogP contribution < -0.4 is 14.4 Å². The average molecular weight is 499 g/mol. The Morgan fingerprint density at radius 3 is 2.40 bits per heavy atom. The van der Waals surface area contributed by atoms with E-state index in [2.05, 4.69) is 5.32 Å². The molecule has 0 aliphatic carbocycles. The van der Waals surface area contributed by atoms with Gasteiger partial charge in [-0.2, -0.15) is 0 Å². The lowest BCUT2D eigenvalue weighted by atomic mass is 10.0. The second-order valence-corrected chi connectivity index (χ2v) is 9.65. The van der Waals surface area contributed by atoms with Crippen molar-refractivity contribution in [2.75, 3.05) is 29.5 Å². The predicted octanol–water partition coefficient (Wildman–Crippen LogP) is 5.48. The van der Waals surface area contributed by atoms with Gasteiger partial charge in [0.15, 0.2) is 0 Å². The molecule has 0 radical (unpaired) electrons. The molecule has 0 bridgehead atoms. The number of rotatable bonds is 8. The molecule has 0 saturated carbocycles. The van der Waals surface area contributed by atoms with Crippen molar-refractivity contribution in [3.05, 3.63) is 72.0 Å². The van der Waals surface area contributed by atoms with Gasteiger partial charge in [-0.05, 0) is 49.4 Å². The molecule has 4 rings (SSSR count). The predicted molar refractivity (Wildman–Crippen MR) is 133 cm³/mol. The maximum Gasteiger partial charge on any atom is 0.340 e. The minimum atomic E-state index is -3.61. The fraction of sp³-hybridized carbons (Fsp3) is 0.160. The zero-order valence-electron chi connectivity index (χ0n) is 19.2. The number of methoxy groups -OCH3 is 1. The minimum Gasteiger partial charge on any atom is -0.495 e. The van der Waals surface area contributed by atoms with Crippen molar-refractivity contribution in [3.63, 3.8) is 0 Å². The van der Waals surface area contributed by atoms with Crippen LogP contribution in [0.15, 0.2) is 65.1 Å². The number of nitrogens with one attached hydrogen (secondary N) is 1. The molecule has 0 fully saturated rings. The van der Waals surface area contributed by atoms with Gasteiger partial charge in [0.05, 0.1) is 24.7 Å². The molecule has 1 aromatic heterocycles. The zero-order chi connectivity index (χ0) is 25.3. The van der Waals surface area contributed by atoms with Gasteiger partial charge in [-0.15, -0.1) is 0 Å². The summed E-state index contributed by atoms with van der Waals surface area (Å²) in [6, 6.07) is 15.8. The Kier molecular flexibility index (Phi) is 6.40. The third-order valence-electron chi connectivity index (χ3n) is 5.46. The van der Waals surface area contributed by atoms with Crippen LogP contribution in [-0.2, 0) is 10.0 Å². The monoisotopic (exact) mass is 498 g/mol. The standard InChI is InChI=1S/C25H23FN2O6S/c1-4-28(35(3,31)32)20-14-21-17(13-22(20)33-2)23(25(29)30)24(34-21)15-9-11-16(12-10-15)27-19-8-6-5-7-18(19)26/h5-14,27H,4H2,1-3H3,(H,29,30). The Hall–Kier alpha value is -4.05. The van der Waals surface area contributed by atoms with Gasteiger partial charge in [-0.25, -0.2) is 17.6 Å². The number of aromatic carboxylic acids is 1. The molecule has 0 unspecified atom stereocenters. The second kappa shape index (κ2) is 9.30. The summed E-state index contributed by atoms with van der Waals surface area (Å²) in [6.07, 6.45) is 1.08. The normalized spacial score (nSPS) is 11.4. The van der Waals surface area contributed by atoms with Gasteiger partial charge in [0.2, 0.25) is 10.0 Å². The number of sulfonamides is 1. The highest BCUT2D eigenvalue weighted by Gasteiger charge is 2.26. The third kappa shape index (κ3) is 4.65. The summed E-state index contributed by atoms with van der Waals surface area (Å²) in [4.78, 5) is 12.2. The first-order valence-electron chi connectivity index (χ1n) is 10.6. The minimum absolute atomic E-state index is 0.0814. The Bertz CT molecular complexity index is 1510. The van der Waals surface area contributed by atoms with E-state index in [-0.39, 0.29) is 40.3 Å². The van der Waals surface area contributed by atoms with E-state index in [0.717, 1.165) is 10.6 Å². The van der Waals surface area contributed by atoms with E-state index >= 15 is 0 Å². The maximum atomic E-state index is 13.9. The molecular weight excluding hydrogens is 475 g/mol. The van der Waals surface area contributed by atoms with Crippen molar-refractivity contribution in [1.29, 1.82) is 0 Å². The number of nitrogens with zero attached hydrogens (tertiary/aromatic N) is 1. The van der Waals surface area contributed by atoms with Crippen LogP contribution in [0.4, 0.5) is 21.5 Å². The number of halogens is 1. The summed E-state index contributed by atoms with van der Waals surface area (Å²) < 4.78 is 50.9. The highest BCUT2D eigenvalue weighted by molar-refractivity contribution is 7.92. The number of furan rings is 1. The highest BCUT2D eigenvalue weighted by Crippen LogP contribution is 2.41.